The first-order chi connectivity index (χ1) is 20.0. The van der Waals surface area contributed by atoms with Gasteiger partial charge in [-0.3, -0.25) is 9.48 Å². The standard InChI is InChI=1S/C33H33F2N5O2/c1-33(2,42)9-10-39-31-16-30(35)28(12-22(31)18-38-39)26-8-5-20(11-27(26)19-3-4-21(17-36)29(34)13-19)32(41)40-24-6-7-25(40)15-23(37)14-24/h3-5,8,11-13,16,18,23-25,42H,6-7,9-10,14-15,37H2,1-2H3/t23?,24-,25+. The van der Waals surface area contributed by atoms with Crippen LogP contribution in [-0.2, 0) is 6.54 Å². The van der Waals surface area contributed by atoms with Crippen molar-refractivity contribution >= 4 is 16.8 Å². The molecule has 42 heavy (non-hydrogen) atoms. The Labute approximate surface area is 243 Å². The van der Waals surface area contributed by atoms with Crippen molar-refractivity contribution in [3.8, 4) is 28.3 Å². The summed E-state index contributed by atoms with van der Waals surface area (Å²) in [6.07, 6.45) is 5.47. The number of aryl methyl sites for hydroxylation is 1. The summed E-state index contributed by atoms with van der Waals surface area (Å²) in [5.74, 6) is -1.30. The predicted molar refractivity (Wildman–Crippen MR) is 156 cm³/mol. The van der Waals surface area contributed by atoms with Gasteiger partial charge in [-0.25, -0.2) is 8.78 Å². The second-order valence-electron chi connectivity index (χ2n) is 12.2. The van der Waals surface area contributed by atoms with Gasteiger partial charge in [0.1, 0.15) is 17.7 Å². The van der Waals surface area contributed by atoms with Gasteiger partial charge in [-0.2, -0.15) is 10.4 Å². The molecule has 0 radical (unpaired) electrons. The lowest BCUT2D eigenvalue weighted by Gasteiger charge is -2.38. The number of benzene rings is 3. The van der Waals surface area contributed by atoms with Gasteiger partial charge < -0.3 is 15.7 Å². The summed E-state index contributed by atoms with van der Waals surface area (Å²) in [6.45, 7) is 3.84. The van der Waals surface area contributed by atoms with Gasteiger partial charge >= 0.3 is 0 Å². The number of aliphatic hydroxyl groups is 1. The lowest BCUT2D eigenvalue weighted by molar-refractivity contribution is 0.0574. The molecule has 0 aliphatic carbocycles. The van der Waals surface area contributed by atoms with Crippen LogP contribution >= 0.6 is 0 Å². The van der Waals surface area contributed by atoms with Crippen LogP contribution in [0, 0.1) is 23.0 Å². The molecular weight excluding hydrogens is 536 g/mol. The average molecular weight is 570 g/mol. The highest BCUT2D eigenvalue weighted by Crippen LogP contribution is 2.40. The van der Waals surface area contributed by atoms with Gasteiger partial charge in [-0.1, -0.05) is 12.1 Å². The van der Waals surface area contributed by atoms with Gasteiger partial charge in [-0.05, 0) is 93.0 Å². The molecule has 2 aliphatic rings. The van der Waals surface area contributed by atoms with E-state index in [1.54, 1.807) is 55.1 Å². The van der Waals surface area contributed by atoms with Gasteiger partial charge in [-0.15, -0.1) is 0 Å². The van der Waals surface area contributed by atoms with E-state index in [9.17, 15) is 19.6 Å². The van der Waals surface area contributed by atoms with Crippen LogP contribution in [0.4, 0.5) is 8.78 Å². The normalized spacial score (nSPS) is 20.2. The molecule has 1 amide bonds. The van der Waals surface area contributed by atoms with E-state index in [2.05, 4.69) is 5.10 Å². The number of aromatic nitrogens is 2. The van der Waals surface area contributed by atoms with Crippen molar-refractivity contribution in [2.45, 2.75) is 76.2 Å². The molecule has 3 heterocycles. The smallest absolute Gasteiger partial charge is 0.254 e. The lowest BCUT2D eigenvalue weighted by Crippen LogP contribution is -2.50. The number of piperidine rings is 1. The molecule has 9 heteroatoms. The van der Waals surface area contributed by atoms with Crippen molar-refractivity contribution in [2.75, 3.05) is 0 Å². The van der Waals surface area contributed by atoms with E-state index in [0.29, 0.717) is 46.1 Å². The molecule has 216 valence electrons. The minimum atomic E-state index is -0.888. The van der Waals surface area contributed by atoms with Gasteiger partial charge in [0, 0.05) is 47.2 Å². The first kappa shape index (κ1) is 28.0. The second kappa shape index (κ2) is 10.6. The first-order valence-electron chi connectivity index (χ1n) is 14.3. The topological polar surface area (TPSA) is 108 Å². The fraction of sp³-hybridized carbons (Fsp3) is 0.364. The molecule has 2 bridgehead atoms. The van der Waals surface area contributed by atoms with Crippen LogP contribution in [0.5, 0.6) is 0 Å². The molecular formula is C33H33F2N5O2. The number of hydrogen-bond donors (Lipinski definition) is 2. The number of carbonyl (C=O) groups is 1. The van der Waals surface area contributed by atoms with Crippen LogP contribution in [-0.4, -0.2) is 49.4 Å². The van der Waals surface area contributed by atoms with Crippen LogP contribution in [0.2, 0.25) is 0 Å². The van der Waals surface area contributed by atoms with E-state index in [1.165, 1.54) is 18.2 Å². The lowest BCUT2D eigenvalue weighted by atomic mass is 9.90. The Hall–Kier alpha value is -4.13. The van der Waals surface area contributed by atoms with E-state index >= 15 is 4.39 Å². The fourth-order valence-electron chi connectivity index (χ4n) is 6.49. The molecule has 0 saturated carbocycles. The Morgan fingerprint density at radius 2 is 1.79 bits per heavy atom. The number of hydrogen-bond acceptors (Lipinski definition) is 5. The fourth-order valence-corrected chi connectivity index (χ4v) is 6.49. The molecule has 2 saturated heterocycles. The number of nitriles is 1. The molecule has 0 spiro atoms. The highest BCUT2D eigenvalue weighted by Gasteiger charge is 2.42. The molecule has 1 unspecified atom stereocenters. The molecule has 3 N–H and O–H groups in total. The van der Waals surface area contributed by atoms with Crippen LogP contribution < -0.4 is 5.73 Å². The monoisotopic (exact) mass is 569 g/mol. The Morgan fingerprint density at radius 3 is 2.45 bits per heavy atom. The maximum atomic E-state index is 15.8. The van der Waals surface area contributed by atoms with Crippen LogP contribution in [0.15, 0.2) is 54.7 Å². The van der Waals surface area contributed by atoms with Gasteiger partial charge in [0.2, 0.25) is 0 Å². The molecule has 2 aliphatic heterocycles. The highest BCUT2D eigenvalue weighted by atomic mass is 19.1. The molecule has 3 aromatic carbocycles. The zero-order valence-corrected chi connectivity index (χ0v) is 23.6. The van der Waals surface area contributed by atoms with Crippen LogP contribution in [0.25, 0.3) is 33.2 Å². The number of nitrogens with zero attached hydrogens (tertiary/aromatic N) is 4. The largest absolute Gasteiger partial charge is 0.390 e. The minimum Gasteiger partial charge on any atom is -0.390 e. The van der Waals surface area contributed by atoms with E-state index in [-0.39, 0.29) is 35.2 Å². The number of amides is 1. The minimum absolute atomic E-state index is 0.0866. The Kier molecular flexibility index (Phi) is 7.08. The molecule has 6 rings (SSSR count). The Morgan fingerprint density at radius 1 is 1.05 bits per heavy atom. The first-order valence-corrected chi connectivity index (χ1v) is 14.3. The van der Waals surface area contributed by atoms with Crippen LogP contribution in [0.1, 0.15) is 61.9 Å². The van der Waals surface area contributed by atoms with Crippen molar-refractivity contribution in [3.05, 3.63) is 77.5 Å². The van der Waals surface area contributed by atoms with E-state index in [4.69, 9.17) is 5.73 Å². The quantitative estimate of drug-likeness (QED) is 0.306. The third kappa shape index (κ3) is 5.17. The van der Waals surface area contributed by atoms with Gasteiger partial charge in [0.15, 0.2) is 0 Å². The molecule has 4 aromatic rings. The summed E-state index contributed by atoms with van der Waals surface area (Å²) >= 11 is 0. The number of nitrogens with two attached hydrogens (primary N) is 1. The number of carbonyl (C=O) groups excluding carboxylic acids is 1. The summed E-state index contributed by atoms with van der Waals surface area (Å²) in [5, 5.41) is 24.5. The molecule has 1 aromatic heterocycles. The zero-order chi connectivity index (χ0) is 29.8. The van der Waals surface area contributed by atoms with E-state index in [1.807, 2.05) is 11.0 Å². The van der Waals surface area contributed by atoms with Gasteiger partial charge in [0.25, 0.3) is 5.91 Å². The molecule has 3 atom stereocenters. The van der Waals surface area contributed by atoms with Crippen molar-refractivity contribution in [2.24, 2.45) is 5.73 Å². The SMILES string of the molecule is CC(C)(O)CCn1ncc2cc(-c3ccc(C(=O)N4[C@@H]5CC[C@H]4CC(N)C5)cc3-c3ccc(C#N)c(F)c3)c(F)cc21. The zero-order valence-electron chi connectivity index (χ0n) is 23.6. The maximum Gasteiger partial charge on any atom is 0.254 e. The number of fused-ring (bicyclic) bond motifs is 3. The summed E-state index contributed by atoms with van der Waals surface area (Å²) in [6, 6.07) is 14.6. The van der Waals surface area contributed by atoms with Crippen molar-refractivity contribution in [1.29, 1.82) is 5.26 Å². The number of rotatable bonds is 6. The summed E-state index contributed by atoms with van der Waals surface area (Å²) < 4.78 is 32.3. The maximum absolute atomic E-state index is 15.8. The summed E-state index contributed by atoms with van der Waals surface area (Å²) in [5.41, 5.74) is 7.96. The number of halogens is 2. The average Bonchev–Trinajstić information content (AvgIpc) is 3.47. The molecule has 7 nitrogen and oxygen atoms in total. The van der Waals surface area contributed by atoms with Crippen molar-refractivity contribution in [1.82, 2.24) is 14.7 Å². The Balaban J connectivity index is 1.44. The third-order valence-electron chi connectivity index (χ3n) is 8.63. The van der Waals surface area contributed by atoms with E-state index < -0.39 is 17.2 Å². The Bertz CT molecular complexity index is 1720. The van der Waals surface area contributed by atoms with Crippen LogP contribution in [0.3, 0.4) is 0 Å². The van der Waals surface area contributed by atoms with Crippen molar-refractivity contribution < 1.29 is 18.7 Å². The van der Waals surface area contributed by atoms with Gasteiger partial charge in [0.05, 0.1) is 22.9 Å². The summed E-state index contributed by atoms with van der Waals surface area (Å²) in [4.78, 5) is 15.7. The predicted octanol–water partition coefficient (Wildman–Crippen LogP) is 5.78. The highest BCUT2D eigenvalue weighted by molar-refractivity contribution is 5.99. The van der Waals surface area contributed by atoms with E-state index in [0.717, 1.165) is 25.7 Å². The third-order valence-corrected chi connectivity index (χ3v) is 8.63. The molecule has 2 fully saturated rings. The second-order valence-corrected chi connectivity index (χ2v) is 12.2. The summed E-state index contributed by atoms with van der Waals surface area (Å²) in [7, 11) is 0. The van der Waals surface area contributed by atoms with Crippen molar-refractivity contribution in [3.63, 3.8) is 0 Å².